The van der Waals surface area contributed by atoms with E-state index in [4.69, 9.17) is 0 Å². The van der Waals surface area contributed by atoms with Gasteiger partial charge in [0.15, 0.2) is 0 Å². The molecule has 4 nitrogen and oxygen atoms in total. The number of nitrogens with one attached hydrogen (secondary N) is 1. The lowest BCUT2D eigenvalue weighted by Crippen LogP contribution is -2.45. The van der Waals surface area contributed by atoms with Gasteiger partial charge in [0.05, 0.1) is 0 Å². The molecule has 1 aromatic rings. The fourth-order valence-corrected chi connectivity index (χ4v) is 3.30. The molecule has 1 saturated heterocycles. The first-order valence-electron chi connectivity index (χ1n) is 6.00. The Hall–Kier alpha value is -1.49. The molecule has 5 heteroatoms. The fraction of sp³-hybridized carbons (Fsp3) is 0.385. The maximum atomic E-state index is 12.4. The van der Waals surface area contributed by atoms with Crippen molar-refractivity contribution in [2.75, 3.05) is 17.2 Å². The van der Waals surface area contributed by atoms with Crippen LogP contribution in [0.5, 0.6) is 0 Å². The zero-order valence-electron chi connectivity index (χ0n) is 10.1. The average Bonchev–Trinajstić information content (AvgIpc) is 2.94. The number of hydrogen-bond donors (Lipinski definition) is 1. The van der Waals surface area contributed by atoms with Crippen LogP contribution in [0.1, 0.15) is 18.4 Å². The van der Waals surface area contributed by atoms with Crippen LogP contribution in [0.3, 0.4) is 0 Å². The van der Waals surface area contributed by atoms with Crippen molar-refractivity contribution in [3.63, 3.8) is 0 Å². The summed E-state index contributed by atoms with van der Waals surface area (Å²) in [6, 6.07) is 7.60. The topological polar surface area (TPSA) is 49.4 Å². The number of amides is 2. The molecule has 0 aromatic heterocycles. The normalized spacial score (nSPS) is 26.1. The second kappa shape index (κ2) is 4.31. The number of nitrogens with zero attached hydrogens (tertiary/aromatic N) is 1. The zero-order chi connectivity index (χ0) is 12.7. The van der Waals surface area contributed by atoms with E-state index in [1.54, 1.807) is 4.90 Å². The SMILES string of the molecule is CC1CN(C(=O)C2CSC(=O)N2)c2ccccc21. The standard InChI is InChI=1S/C13H14N2O2S/c1-8-6-15(11-5-3-2-4-9(8)11)12(16)10-7-18-13(17)14-10/h2-5,8,10H,6-7H2,1H3,(H,14,17). The van der Waals surface area contributed by atoms with Crippen molar-refractivity contribution in [1.82, 2.24) is 5.32 Å². The Morgan fingerprint density at radius 2 is 2.22 bits per heavy atom. The molecule has 0 saturated carbocycles. The van der Waals surface area contributed by atoms with Crippen LogP contribution < -0.4 is 10.2 Å². The van der Waals surface area contributed by atoms with Crippen LogP contribution in [-0.4, -0.2) is 29.5 Å². The van der Waals surface area contributed by atoms with Crippen LogP contribution in [0.2, 0.25) is 0 Å². The van der Waals surface area contributed by atoms with Gasteiger partial charge >= 0.3 is 0 Å². The Morgan fingerprint density at radius 3 is 2.94 bits per heavy atom. The lowest BCUT2D eigenvalue weighted by Gasteiger charge is -2.21. The number of para-hydroxylation sites is 1. The first-order valence-corrected chi connectivity index (χ1v) is 6.99. The van der Waals surface area contributed by atoms with Gasteiger partial charge in [0.1, 0.15) is 6.04 Å². The molecular formula is C13H14N2O2S. The lowest BCUT2D eigenvalue weighted by atomic mass is 10.0. The van der Waals surface area contributed by atoms with Gasteiger partial charge in [0.2, 0.25) is 5.91 Å². The van der Waals surface area contributed by atoms with Crippen molar-refractivity contribution >= 4 is 28.6 Å². The smallest absolute Gasteiger partial charge is 0.279 e. The van der Waals surface area contributed by atoms with Crippen molar-refractivity contribution < 1.29 is 9.59 Å². The third-order valence-corrected chi connectivity index (χ3v) is 4.33. The molecular weight excluding hydrogens is 248 g/mol. The Morgan fingerprint density at radius 1 is 1.44 bits per heavy atom. The van der Waals surface area contributed by atoms with Crippen molar-refractivity contribution in [2.24, 2.45) is 0 Å². The molecule has 0 spiro atoms. The van der Waals surface area contributed by atoms with E-state index in [9.17, 15) is 9.59 Å². The zero-order valence-corrected chi connectivity index (χ0v) is 10.9. The Kier molecular flexibility index (Phi) is 2.78. The molecule has 1 fully saturated rings. The molecule has 2 heterocycles. The predicted octanol–water partition coefficient (Wildman–Crippen LogP) is 1.96. The van der Waals surface area contributed by atoms with E-state index in [-0.39, 0.29) is 17.2 Å². The summed E-state index contributed by atoms with van der Waals surface area (Å²) in [4.78, 5) is 25.4. The van der Waals surface area contributed by atoms with Crippen molar-refractivity contribution in [1.29, 1.82) is 0 Å². The second-order valence-electron chi connectivity index (χ2n) is 4.70. The summed E-state index contributed by atoms with van der Waals surface area (Å²) >= 11 is 1.18. The van der Waals surface area contributed by atoms with E-state index in [0.29, 0.717) is 18.2 Å². The van der Waals surface area contributed by atoms with Crippen LogP contribution in [0, 0.1) is 0 Å². The largest absolute Gasteiger partial charge is 0.334 e. The van der Waals surface area contributed by atoms with E-state index < -0.39 is 0 Å². The highest BCUT2D eigenvalue weighted by Crippen LogP contribution is 2.36. The highest BCUT2D eigenvalue weighted by molar-refractivity contribution is 8.14. The number of thioether (sulfide) groups is 1. The monoisotopic (exact) mass is 262 g/mol. The summed E-state index contributed by atoms with van der Waals surface area (Å²) < 4.78 is 0. The molecule has 2 aliphatic rings. The molecule has 2 aliphatic heterocycles. The van der Waals surface area contributed by atoms with Gasteiger partial charge in [0.25, 0.3) is 5.24 Å². The molecule has 1 aromatic carbocycles. The van der Waals surface area contributed by atoms with Crippen LogP contribution in [0.25, 0.3) is 0 Å². The fourth-order valence-electron chi connectivity index (χ4n) is 2.54. The molecule has 0 radical (unpaired) electrons. The van der Waals surface area contributed by atoms with E-state index in [1.807, 2.05) is 18.2 Å². The van der Waals surface area contributed by atoms with Crippen molar-refractivity contribution in [3.05, 3.63) is 29.8 Å². The number of hydrogen-bond acceptors (Lipinski definition) is 3. The number of rotatable bonds is 1. The summed E-state index contributed by atoms with van der Waals surface area (Å²) in [7, 11) is 0. The van der Waals surface area contributed by atoms with Gasteiger partial charge in [-0.25, -0.2) is 0 Å². The summed E-state index contributed by atoms with van der Waals surface area (Å²) in [6.07, 6.45) is 0. The number of carbonyl (C=O) groups excluding carboxylic acids is 2. The molecule has 2 unspecified atom stereocenters. The van der Waals surface area contributed by atoms with E-state index in [1.165, 1.54) is 17.3 Å². The summed E-state index contributed by atoms with van der Waals surface area (Å²) in [5.74, 6) is 0.894. The van der Waals surface area contributed by atoms with Crippen LogP contribution in [-0.2, 0) is 4.79 Å². The van der Waals surface area contributed by atoms with Gasteiger partial charge in [-0.3, -0.25) is 9.59 Å². The maximum absolute atomic E-state index is 12.4. The van der Waals surface area contributed by atoms with Gasteiger partial charge in [0, 0.05) is 23.9 Å². The molecule has 1 N–H and O–H groups in total. The third kappa shape index (κ3) is 1.79. The van der Waals surface area contributed by atoms with Crippen LogP contribution in [0.15, 0.2) is 24.3 Å². The van der Waals surface area contributed by atoms with Gasteiger partial charge < -0.3 is 10.2 Å². The van der Waals surface area contributed by atoms with Gasteiger partial charge in [-0.05, 0) is 11.6 Å². The van der Waals surface area contributed by atoms with E-state index >= 15 is 0 Å². The minimum Gasteiger partial charge on any atom is -0.334 e. The number of anilines is 1. The number of carbonyl (C=O) groups is 2. The quantitative estimate of drug-likeness (QED) is 0.841. The third-order valence-electron chi connectivity index (χ3n) is 3.45. The summed E-state index contributed by atoms with van der Waals surface area (Å²) in [6.45, 7) is 2.82. The highest BCUT2D eigenvalue weighted by Gasteiger charge is 2.36. The summed E-state index contributed by atoms with van der Waals surface area (Å²) in [5, 5.41) is 2.61. The number of fused-ring (bicyclic) bond motifs is 1. The maximum Gasteiger partial charge on any atom is 0.279 e. The van der Waals surface area contributed by atoms with Gasteiger partial charge in [-0.1, -0.05) is 36.9 Å². The number of benzene rings is 1. The van der Waals surface area contributed by atoms with Crippen LogP contribution >= 0.6 is 11.8 Å². The van der Waals surface area contributed by atoms with E-state index in [0.717, 1.165) is 5.69 Å². The molecule has 2 amide bonds. The molecule has 2 atom stereocenters. The predicted molar refractivity (Wildman–Crippen MR) is 72.0 cm³/mol. The van der Waals surface area contributed by atoms with Crippen LogP contribution in [0.4, 0.5) is 10.5 Å². The molecule has 0 aliphatic carbocycles. The van der Waals surface area contributed by atoms with Gasteiger partial charge in [-0.2, -0.15) is 0 Å². The van der Waals surface area contributed by atoms with Crippen molar-refractivity contribution in [3.8, 4) is 0 Å². The van der Waals surface area contributed by atoms with E-state index in [2.05, 4.69) is 18.3 Å². The first kappa shape index (κ1) is 11.6. The molecule has 3 rings (SSSR count). The molecule has 94 valence electrons. The highest BCUT2D eigenvalue weighted by atomic mass is 32.2. The average molecular weight is 262 g/mol. The minimum atomic E-state index is -0.374. The molecule has 18 heavy (non-hydrogen) atoms. The summed E-state index contributed by atoms with van der Waals surface area (Å²) in [5.41, 5.74) is 2.20. The molecule has 0 bridgehead atoms. The lowest BCUT2D eigenvalue weighted by molar-refractivity contribution is -0.119. The Labute approximate surface area is 110 Å². The Bertz CT molecular complexity index is 517. The Balaban J connectivity index is 1.86. The van der Waals surface area contributed by atoms with Crippen molar-refractivity contribution in [2.45, 2.75) is 18.9 Å². The first-order chi connectivity index (χ1) is 8.66. The second-order valence-corrected chi connectivity index (χ2v) is 5.70. The van der Waals surface area contributed by atoms with Gasteiger partial charge in [-0.15, -0.1) is 0 Å². The minimum absolute atomic E-state index is 0.00477.